The van der Waals surface area contributed by atoms with E-state index in [1.165, 1.54) is 17.3 Å². The number of amides is 1. The molecule has 0 unspecified atom stereocenters. The van der Waals surface area contributed by atoms with Gasteiger partial charge < -0.3 is 5.32 Å². The van der Waals surface area contributed by atoms with Gasteiger partial charge in [0.05, 0.1) is 11.8 Å². The van der Waals surface area contributed by atoms with Crippen molar-refractivity contribution in [1.29, 1.82) is 0 Å². The van der Waals surface area contributed by atoms with Gasteiger partial charge in [-0.15, -0.1) is 21.5 Å². The summed E-state index contributed by atoms with van der Waals surface area (Å²) in [6.07, 6.45) is 0. The Hall–Kier alpha value is -2.12. The monoisotopic (exact) mass is 372 g/mol. The molecular formula is C18H20N4OS2. The van der Waals surface area contributed by atoms with Gasteiger partial charge in [-0.05, 0) is 44.4 Å². The van der Waals surface area contributed by atoms with Gasteiger partial charge in [0.1, 0.15) is 5.82 Å². The molecular weight excluding hydrogens is 352 g/mol. The maximum atomic E-state index is 12.2. The fraction of sp³-hybridized carbons (Fsp3) is 0.278. The second-order valence-electron chi connectivity index (χ2n) is 5.79. The number of nitrogens with zero attached hydrogens (tertiary/aromatic N) is 3. The summed E-state index contributed by atoms with van der Waals surface area (Å²) in [5, 5.41) is 14.1. The van der Waals surface area contributed by atoms with Gasteiger partial charge in [-0.3, -0.25) is 9.36 Å². The summed E-state index contributed by atoms with van der Waals surface area (Å²) < 4.78 is 1.97. The van der Waals surface area contributed by atoms with E-state index in [0.29, 0.717) is 5.75 Å². The number of carbonyl (C=O) groups excluding carboxylic acids is 1. The van der Waals surface area contributed by atoms with Crippen molar-refractivity contribution in [2.24, 2.45) is 0 Å². The Morgan fingerprint density at radius 1 is 1.24 bits per heavy atom. The summed E-state index contributed by atoms with van der Waals surface area (Å²) in [5.74, 6) is 1.10. The van der Waals surface area contributed by atoms with Gasteiger partial charge in [-0.2, -0.15) is 0 Å². The van der Waals surface area contributed by atoms with Gasteiger partial charge in [0.2, 0.25) is 5.91 Å². The van der Waals surface area contributed by atoms with E-state index in [4.69, 9.17) is 0 Å². The molecule has 2 heterocycles. The lowest BCUT2D eigenvalue weighted by Gasteiger charge is -2.12. The van der Waals surface area contributed by atoms with Crippen molar-refractivity contribution in [1.82, 2.24) is 20.1 Å². The zero-order valence-electron chi connectivity index (χ0n) is 14.4. The molecule has 1 N–H and O–H groups in total. The summed E-state index contributed by atoms with van der Waals surface area (Å²) in [5.41, 5.74) is 2.20. The van der Waals surface area contributed by atoms with Gasteiger partial charge in [-0.25, -0.2) is 0 Å². The molecule has 0 spiro atoms. The number of rotatable bonds is 6. The fourth-order valence-corrected chi connectivity index (χ4v) is 3.99. The average Bonchev–Trinajstić information content (AvgIpc) is 3.24. The van der Waals surface area contributed by atoms with Crippen molar-refractivity contribution in [3.8, 4) is 5.69 Å². The van der Waals surface area contributed by atoms with Crippen LogP contribution in [0.25, 0.3) is 5.69 Å². The number of nitrogens with one attached hydrogen (secondary N) is 1. The van der Waals surface area contributed by atoms with Crippen LogP contribution in [-0.2, 0) is 4.79 Å². The van der Waals surface area contributed by atoms with Crippen LogP contribution in [0.4, 0.5) is 0 Å². The van der Waals surface area contributed by atoms with Crippen LogP contribution in [0.15, 0.2) is 46.9 Å². The first-order valence-electron chi connectivity index (χ1n) is 7.99. The van der Waals surface area contributed by atoms with Crippen molar-refractivity contribution < 1.29 is 4.79 Å². The number of aryl methyl sites for hydroxylation is 2. The standard InChI is InChI=1S/C18H20N4OS2/c1-12-6-8-15(9-7-12)22-14(3)20-21-18(22)25-11-17(23)19-13(2)16-5-4-10-24-16/h4-10,13H,11H2,1-3H3,(H,19,23)/t13-/m0/s1. The van der Waals surface area contributed by atoms with Crippen LogP contribution in [0.3, 0.4) is 0 Å². The summed E-state index contributed by atoms with van der Waals surface area (Å²) in [4.78, 5) is 13.4. The Bertz CT molecular complexity index is 841. The maximum absolute atomic E-state index is 12.2. The topological polar surface area (TPSA) is 59.8 Å². The third-order valence-corrected chi connectivity index (χ3v) is 5.75. The van der Waals surface area contributed by atoms with Crippen LogP contribution in [0, 0.1) is 13.8 Å². The smallest absolute Gasteiger partial charge is 0.230 e. The number of hydrogen-bond donors (Lipinski definition) is 1. The van der Waals surface area contributed by atoms with Crippen LogP contribution < -0.4 is 5.32 Å². The Kier molecular flexibility index (Phi) is 5.55. The third-order valence-electron chi connectivity index (χ3n) is 3.77. The van der Waals surface area contributed by atoms with E-state index in [-0.39, 0.29) is 11.9 Å². The zero-order chi connectivity index (χ0) is 17.8. The molecule has 25 heavy (non-hydrogen) atoms. The molecule has 3 aromatic rings. The quantitative estimate of drug-likeness (QED) is 0.667. The molecule has 130 valence electrons. The summed E-state index contributed by atoms with van der Waals surface area (Å²) in [7, 11) is 0. The molecule has 0 radical (unpaired) electrons. The highest BCUT2D eigenvalue weighted by atomic mass is 32.2. The van der Waals surface area contributed by atoms with Crippen LogP contribution in [0.5, 0.6) is 0 Å². The highest BCUT2D eigenvalue weighted by Gasteiger charge is 2.15. The van der Waals surface area contributed by atoms with Gasteiger partial charge in [0, 0.05) is 10.6 Å². The predicted molar refractivity (Wildman–Crippen MR) is 102 cm³/mol. The normalized spacial score (nSPS) is 12.1. The van der Waals surface area contributed by atoms with E-state index in [2.05, 4.69) is 34.6 Å². The maximum Gasteiger partial charge on any atom is 0.230 e. The fourth-order valence-electron chi connectivity index (χ4n) is 2.45. The SMILES string of the molecule is Cc1ccc(-n2c(C)nnc2SCC(=O)N[C@@H](C)c2cccs2)cc1. The molecule has 0 saturated carbocycles. The summed E-state index contributed by atoms with van der Waals surface area (Å²) in [6.45, 7) is 5.96. The zero-order valence-corrected chi connectivity index (χ0v) is 16.0. The van der Waals surface area contributed by atoms with Crippen molar-refractivity contribution in [2.75, 3.05) is 5.75 Å². The van der Waals surface area contributed by atoms with Crippen LogP contribution in [0.1, 0.15) is 29.2 Å². The van der Waals surface area contributed by atoms with Crippen molar-refractivity contribution in [2.45, 2.75) is 32.0 Å². The molecule has 0 aliphatic heterocycles. The van der Waals surface area contributed by atoms with E-state index >= 15 is 0 Å². The van der Waals surface area contributed by atoms with E-state index < -0.39 is 0 Å². The Labute approximate surface area is 155 Å². The first kappa shape index (κ1) is 17.7. The molecule has 2 aromatic heterocycles. The number of carbonyl (C=O) groups is 1. The largest absolute Gasteiger partial charge is 0.348 e. The van der Waals surface area contributed by atoms with Gasteiger partial charge in [-0.1, -0.05) is 35.5 Å². The second kappa shape index (κ2) is 7.84. The molecule has 7 heteroatoms. The molecule has 5 nitrogen and oxygen atoms in total. The Morgan fingerprint density at radius 2 is 2.00 bits per heavy atom. The van der Waals surface area contributed by atoms with Crippen LogP contribution >= 0.6 is 23.1 Å². The third kappa shape index (κ3) is 4.29. The first-order valence-corrected chi connectivity index (χ1v) is 9.85. The van der Waals surface area contributed by atoms with Crippen LogP contribution in [0.2, 0.25) is 0 Å². The molecule has 3 rings (SSSR count). The van der Waals surface area contributed by atoms with Crippen molar-refractivity contribution in [3.63, 3.8) is 0 Å². The highest BCUT2D eigenvalue weighted by molar-refractivity contribution is 7.99. The Balaban J connectivity index is 1.65. The molecule has 0 saturated heterocycles. The molecule has 1 aromatic carbocycles. The highest BCUT2D eigenvalue weighted by Crippen LogP contribution is 2.23. The lowest BCUT2D eigenvalue weighted by atomic mass is 10.2. The van der Waals surface area contributed by atoms with Crippen molar-refractivity contribution >= 4 is 29.0 Å². The minimum absolute atomic E-state index is 0.0120. The lowest BCUT2D eigenvalue weighted by molar-refractivity contribution is -0.119. The number of thiophene rings is 1. The molecule has 0 aliphatic carbocycles. The van der Waals surface area contributed by atoms with Crippen molar-refractivity contribution in [3.05, 3.63) is 58.0 Å². The Morgan fingerprint density at radius 3 is 2.68 bits per heavy atom. The molecule has 0 fully saturated rings. The van der Waals surface area contributed by atoms with E-state index in [1.54, 1.807) is 11.3 Å². The molecule has 0 aliphatic rings. The summed E-state index contributed by atoms with van der Waals surface area (Å²) in [6, 6.07) is 12.2. The van der Waals surface area contributed by atoms with E-state index in [9.17, 15) is 4.79 Å². The van der Waals surface area contributed by atoms with Gasteiger partial charge in [0.15, 0.2) is 5.16 Å². The average molecular weight is 373 g/mol. The van der Waals surface area contributed by atoms with Gasteiger partial charge in [0.25, 0.3) is 0 Å². The summed E-state index contributed by atoms with van der Waals surface area (Å²) >= 11 is 3.04. The van der Waals surface area contributed by atoms with Crippen LogP contribution in [-0.4, -0.2) is 26.4 Å². The number of thioether (sulfide) groups is 1. The second-order valence-corrected chi connectivity index (χ2v) is 7.72. The molecule has 0 bridgehead atoms. The van der Waals surface area contributed by atoms with Gasteiger partial charge >= 0.3 is 0 Å². The lowest BCUT2D eigenvalue weighted by Crippen LogP contribution is -2.27. The number of hydrogen-bond acceptors (Lipinski definition) is 5. The predicted octanol–water partition coefficient (Wildman–Crippen LogP) is 3.92. The number of aromatic nitrogens is 3. The van der Waals surface area contributed by atoms with E-state index in [1.807, 2.05) is 48.1 Å². The minimum atomic E-state index is -0.0120. The molecule has 1 amide bonds. The first-order chi connectivity index (χ1) is 12.0. The minimum Gasteiger partial charge on any atom is -0.348 e. The molecule has 1 atom stereocenters. The van der Waals surface area contributed by atoms with E-state index in [0.717, 1.165) is 21.5 Å². The number of benzene rings is 1.